The molecule has 0 unspecified atom stereocenters. The minimum atomic E-state index is -0.756. The Morgan fingerprint density at radius 1 is 1.00 bits per heavy atom. The molecule has 3 atom stereocenters. The van der Waals surface area contributed by atoms with Crippen LogP contribution in [0.2, 0.25) is 0 Å². The second-order valence-corrected chi connectivity index (χ2v) is 7.18. The Morgan fingerprint density at radius 3 is 2.22 bits per heavy atom. The monoisotopic (exact) mass is 326 g/mol. The van der Waals surface area contributed by atoms with Crippen molar-refractivity contribution in [2.24, 2.45) is 11.8 Å². The number of ether oxygens (including phenoxy) is 2. The van der Waals surface area contributed by atoms with Gasteiger partial charge in [-0.15, -0.1) is 0 Å². The number of quaternary nitrogens is 1. The first-order valence-electron chi connectivity index (χ1n) is 9.19. The molecule has 0 aromatic heterocycles. The molecular formula is C18H32NO4+. The van der Waals surface area contributed by atoms with Gasteiger partial charge in [0.1, 0.15) is 0 Å². The molecule has 2 fully saturated rings. The summed E-state index contributed by atoms with van der Waals surface area (Å²) in [5.74, 6) is -1.18. The normalized spacial score (nSPS) is 30.6. The van der Waals surface area contributed by atoms with Gasteiger partial charge in [0, 0.05) is 5.92 Å². The number of carbonyl (C=O) groups is 2. The van der Waals surface area contributed by atoms with Crippen molar-refractivity contribution >= 4 is 11.9 Å². The lowest BCUT2D eigenvalue weighted by molar-refractivity contribution is -0.947. The summed E-state index contributed by atoms with van der Waals surface area (Å²) >= 11 is 0. The SMILES string of the molecule is CCOC(=O)C(C[C@@H]1CCC[N@+]2(C)CCCC[C@H]12)C(=O)OCC. The Kier molecular flexibility index (Phi) is 6.45. The van der Waals surface area contributed by atoms with E-state index in [2.05, 4.69) is 7.05 Å². The summed E-state index contributed by atoms with van der Waals surface area (Å²) in [7, 11) is 2.35. The molecular weight excluding hydrogens is 294 g/mol. The summed E-state index contributed by atoms with van der Waals surface area (Å²) in [6.07, 6.45) is 6.62. The van der Waals surface area contributed by atoms with Crippen LogP contribution >= 0.6 is 0 Å². The van der Waals surface area contributed by atoms with E-state index in [9.17, 15) is 9.59 Å². The van der Waals surface area contributed by atoms with Crippen LogP contribution in [0, 0.1) is 11.8 Å². The van der Waals surface area contributed by atoms with Crippen molar-refractivity contribution in [2.45, 2.75) is 58.4 Å². The van der Waals surface area contributed by atoms with Crippen LogP contribution in [-0.4, -0.2) is 55.8 Å². The first-order valence-corrected chi connectivity index (χ1v) is 9.19. The average molecular weight is 326 g/mol. The van der Waals surface area contributed by atoms with Gasteiger partial charge in [0.05, 0.1) is 39.4 Å². The third kappa shape index (κ3) is 4.25. The van der Waals surface area contributed by atoms with Crippen molar-refractivity contribution in [1.29, 1.82) is 0 Å². The van der Waals surface area contributed by atoms with Crippen LogP contribution in [0.3, 0.4) is 0 Å². The maximum Gasteiger partial charge on any atom is 0.320 e. The molecule has 0 aromatic rings. The molecule has 132 valence electrons. The third-order valence-corrected chi connectivity index (χ3v) is 5.69. The first kappa shape index (κ1) is 18.2. The number of rotatable bonds is 6. The summed E-state index contributed by atoms with van der Waals surface area (Å²) < 4.78 is 11.4. The summed E-state index contributed by atoms with van der Waals surface area (Å²) in [6, 6.07) is 0.573. The van der Waals surface area contributed by atoms with Crippen molar-refractivity contribution in [3.05, 3.63) is 0 Å². The molecule has 2 rings (SSSR count). The highest BCUT2D eigenvalue weighted by atomic mass is 16.6. The van der Waals surface area contributed by atoms with Gasteiger partial charge in [0.25, 0.3) is 0 Å². The van der Waals surface area contributed by atoms with Gasteiger partial charge in [-0.3, -0.25) is 9.59 Å². The molecule has 2 aliphatic heterocycles. The lowest BCUT2D eigenvalue weighted by Crippen LogP contribution is -2.61. The van der Waals surface area contributed by atoms with Crippen LogP contribution in [0.15, 0.2) is 0 Å². The van der Waals surface area contributed by atoms with E-state index in [1.807, 2.05) is 0 Å². The van der Waals surface area contributed by atoms with Crippen molar-refractivity contribution < 1.29 is 23.5 Å². The van der Waals surface area contributed by atoms with E-state index in [4.69, 9.17) is 9.47 Å². The average Bonchev–Trinajstić information content (AvgIpc) is 2.52. The van der Waals surface area contributed by atoms with Crippen molar-refractivity contribution in [3.63, 3.8) is 0 Å². The Morgan fingerprint density at radius 2 is 1.61 bits per heavy atom. The van der Waals surface area contributed by atoms with Gasteiger partial charge in [0.2, 0.25) is 0 Å². The first-order chi connectivity index (χ1) is 11.0. The quantitative estimate of drug-likeness (QED) is 0.427. The fourth-order valence-electron chi connectivity index (χ4n) is 4.59. The van der Waals surface area contributed by atoms with Gasteiger partial charge in [-0.25, -0.2) is 0 Å². The Labute approximate surface area is 139 Å². The van der Waals surface area contributed by atoms with Gasteiger partial charge in [0.15, 0.2) is 5.92 Å². The number of esters is 2. The molecule has 0 aliphatic carbocycles. The predicted octanol–water partition coefficient (Wildman–Crippen LogP) is 2.53. The fourth-order valence-corrected chi connectivity index (χ4v) is 4.59. The van der Waals surface area contributed by atoms with E-state index in [0.29, 0.717) is 31.6 Å². The lowest BCUT2D eigenvalue weighted by atomic mass is 9.77. The number of piperidine rings is 2. The number of hydrogen-bond acceptors (Lipinski definition) is 4. The molecule has 23 heavy (non-hydrogen) atoms. The van der Waals surface area contributed by atoms with Crippen molar-refractivity contribution in [2.75, 3.05) is 33.4 Å². The molecule has 2 aliphatic rings. The summed E-state index contributed by atoms with van der Waals surface area (Å²) in [6.45, 7) is 6.61. The zero-order chi connectivity index (χ0) is 16.9. The third-order valence-electron chi connectivity index (χ3n) is 5.69. The minimum Gasteiger partial charge on any atom is -0.465 e. The van der Waals surface area contributed by atoms with E-state index < -0.39 is 17.9 Å². The highest BCUT2D eigenvalue weighted by Crippen LogP contribution is 2.39. The smallest absolute Gasteiger partial charge is 0.320 e. The minimum absolute atomic E-state index is 0.302. The Hall–Kier alpha value is -1.10. The summed E-state index contributed by atoms with van der Waals surface area (Å²) in [4.78, 5) is 24.5. The van der Waals surface area contributed by atoms with Gasteiger partial charge in [-0.1, -0.05) is 0 Å². The maximum absolute atomic E-state index is 12.2. The van der Waals surface area contributed by atoms with Crippen LogP contribution in [0.1, 0.15) is 52.4 Å². The topological polar surface area (TPSA) is 52.6 Å². The number of nitrogens with zero attached hydrogens (tertiary/aromatic N) is 1. The summed E-state index contributed by atoms with van der Waals surface area (Å²) in [5, 5.41) is 0. The second kappa shape index (κ2) is 8.13. The zero-order valence-corrected chi connectivity index (χ0v) is 14.9. The van der Waals surface area contributed by atoms with Crippen LogP contribution in [0.5, 0.6) is 0 Å². The highest BCUT2D eigenvalue weighted by Gasteiger charge is 2.46. The molecule has 0 bridgehead atoms. The van der Waals surface area contributed by atoms with E-state index in [0.717, 1.165) is 10.9 Å². The molecule has 0 radical (unpaired) electrons. The van der Waals surface area contributed by atoms with E-state index in [1.54, 1.807) is 13.8 Å². The van der Waals surface area contributed by atoms with E-state index in [-0.39, 0.29) is 0 Å². The number of carbonyl (C=O) groups excluding carboxylic acids is 2. The molecule has 2 heterocycles. The molecule has 0 N–H and O–H groups in total. The summed E-state index contributed by atoms with van der Waals surface area (Å²) in [5.41, 5.74) is 0. The van der Waals surface area contributed by atoms with Gasteiger partial charge < -0.3 is 14.0 Å². The second-order valence-electron chi connectivity index (χ2n) is 7.18. The molecule has 0 aromatic carbocycles. The van der Waals surface area contributed by atoms with Gasteiger partial charge >= 0.3 is 11.9 Å². The highest BCUT2D eigenvalue weighted by molar-refractivity contribution is 5.94. The maximum atomic E-state index is 12.2. The lowest BCUT2D eigenvalue weighted by Gasteiger charge is -2.51. The van der Waals surface area contributed by atoms with Crippen LogP contribution in [0.25, 0.3) is 0 Å². The van der Waals surface area contributed by atoms with Crippen LogP contribution in [-0.2, 0) is 19.1 Å². The predicted molar refractivity (Wildman–Crippen MR) is 87.7 cm³/mol. The fraction of sp³-hybridized carbons (Fsp3) is 0.889. The largest absolute Gasteiger partial charge is 0.465 e. The number of hydrogen-bond donors (Lipinski definition) is 0. The van der Waals surface area contributed by atoms with E-state index in [1.165, 1.54) is 38.8 Å². The standard InChI is InChI=1S/C18H32NO4/c1-4-22-17(20)15(18(21)23-5-2)13-14-9-8-12-19(3)11-7-6-10-16(14)19/h14-16H,4-13H2,1-3H3/q+1/t14-,16+,19-/m0/s1. The molecule has 5 nitrogen and oxygen atoms in total. The zero-order valence-electron chi connectivity index (χ0n) is 14.9. The van der Waals surface area contributed by atoms with Crippen LogP contribution < -0.4 is 0 Å². The molecule has 5 heteroatoms. The molecule has 2 saturated heterocycles. The molecule has 0 saturated carbocycles. The van der Waals surface area contributed by atoms with Crippen molar-refractivity contribution in [1.82, 2.24) is 0 Å². The Bertz CT molecular complexity index is 403. The van der Waals surface area contributed by atoms with Crippen molar-refractivity contribution in [3.8, 4) is 0 Å². The molecule has 0 spiro atoms. The van der Waals surface area contributed by atoms with Gasteiger partial charge in [-0.05, 0) is 52.4 Å². The molecule has 0 amide bonds. The van der Waals surface area contributed by atoms with Crippen LogP contribution in [0.4, 0.5) is 0 Å². The van der Waals surface area contributed by atoms with Gasteiger partial charge in [-0.2, -0.15) is 0 Å². The number of fused-ring (bicyclic) bond motifs is 1. The Balaban J connectivity index is 2.10. The van der Waals surface area contributed by atoms with E-state index >= 15 is 0 Å².